The highest BCUT2D eigenvalue weighted by Crippen LogP contribution is 2.28. The Morgan fingerprint density at radius 2 is 1.96 bits per heavy atom. The first kappa shape index (κ1) is 17.0. The molecule has 1 aliphatic rings. The maximum Gasteiger partial charge on any atom is 0.116 e. The average molecular weight is 328 g/mol. The summed E-state index contributed by atoms with van der Waals surface area (Å²) in [5, 5.41) is 3.23. The van der Waals surface area contributed by atoms with Crippen LogP contribution in [0, 0.1) is 0 Å². The van der Waals surface area contributed by atoms with Crippen molar-refractivity contribution in [3.05, 3.63) is 24.3 Å². The number of anilines is 1. The normalized spacial score (nSPS) is 17.4. The standard InChI is InChI=1S/C18H28N6/c1-4-14(5-6-19-2)17-18-16(21-13-22-17)11-15(12-20-18)24-9-7-23(3)8-10-24/h11-14,19H,4-10H2,1-3H3. The van der Waals surface area contributed by atoms with Crippen LogP contribution in [-0.2, 0) is 0 Å². The lowest BCUT2D eigenvalue weighted by atomic mass is 9.96. The van der Waals surface area contributed by atoms with Gasteiger partial charge < -0.3 is 15.1 Å². The molecule has 1 fully saturated rings. The van der Waals surface area contributed by atoms with Crippen LogP contribution < -0.4 is 10.2 Å². The van der Waals surface area contributed by atoms with E-state index in [4.69, 9.17) is 4.98 Å². The zero-order valence-corrected chi connectivity index (χ0v) is 15.0. The van der Waals surface area contributed by atoms with E-state index in [0.717, 1.165) is 62.3 Å². The third-order valence-corrected chi connectivity index (χ3v) is 4.98. The summed E-state index contributed by atoms with van der Waals surface area (Å²) in [6.07, 6.45) is 5.82. The van der Waals surface area contributed by atoms with Gasteiger partial charge in [-0.15, -0.1) is 0 Å². The van der Waals surface area contributed by atoms with Gasteiger partial charge in [-0.05, 0) is 39.5 Å². The molecule has 0 bridgehead atoms. The summed E-state index contributed by atoms with van der Waals surface area (Å²) in [6.45, 7) is 7.48. The van der Waals surface area contributed by atoms with E-state index in [1.807, 2.05) is 13.2 Å². The lowest BCUT2D eigenvalue weighted by Crippen LogP contribution is -2.44. The zero-order valence-electron chi connectivity index (χ0n) is 15.0. The van der Waals surface area contributed by atoms with Crippen LogP contribution in [0.15, 0.2) is 18.6 Å². The van der Waals surface area contributed by atoms with E-state index in [1.165, 1.54) is 5.69 Å². The Labute approximate surface area is 144 Å². The van der Waals surface area contributed by atoms with Crippen molar-refractivity contribution in [1.29, 1.82) is 0 Å². The molecule has 1 saturated heterocycles. The zero-order chi connectivity index (χ0) is 16.9. The minimum Gasteiger partial charge on any atom is -0.368 e. The lowest BCUT2D eigenvalue weighted by Gasteiger charge is -2.33. The molecule has 0 aliphatic carbocycles. The summed E-state index contributed by atoms with van der Waals surface area (Å²) in [6, 6.07) is 2.17. The van der Waals surface area contributed by atoms with Crippen LogP contribution in [0.5, 0.6) is 0 Å². The van der Waals surface area contributed by atoms with Crippen LogP contribution in [0.25, 0.3) is 11.0 Å². The predicted molar refractivity (Wildman–Crippen MR) is 98.6 cm³/mol. The van der Waals surface area contributed by atoms with E-state index in [0.29, 0.717) is 5.92 Å². The SMILES string of the molecule is CCC(CCNC)c1ncnc2cc(N3CCN(C)CC3)cnc12. The van der Waals surface area contributed by atoms with E-state index < -0.39 is 0 Å². The summed E-state index contributed by atoms with van der Waals surface area (Å²) in [7, 11) is 4.16. The quantitative estimate of drug-likeness (QED) is 0.874. The third kappa shape index (κ3) is 3.65. The van der Waals surface area contributed by atoms with Crippen LogP contribution in [0.3, 0.4) is 0 Å². The number of nitrogens with zero attached hydrogens (tertiary/aromatic N) is 5. The van der Waals surface area contributed by atoms with Crippen molar-refractivity contribution in [2.45, 2.75) is 25.7 Å². The first-order valence-corrected chi connectivity index (χ1v) is 8.91. The topological polar surface area (TPSA) is 57.2 Å². The number of aromatic nitrogens is 3. The largest absolute Gasteiger partial charge is 0.368 e. The molecule has 3 rings (SSSR count). The number of pyridine rings is 1. The fourth-order valence-electron chi connectivity index (χ4n) is 3.34. The molecule has 0 saturated carbocycles. The van der Waals surface area contributed by atoms with Gasteiger partial charge in [0.2, 0.25) is 0 Å². The molecule has 1 unspecified atom stereocenters. The van der Waals surface area contributed by atoms with Gasteiger partial charge in [-0.2, -0.15) is 0 Å². The Morgan fingerprint density at radius 1 is 1.17 bits per heavy atom. The number of likely N-dealkylation sites (N-methyl/N-ethyl adjacent to an activating group) is 1. The molecule has 6 nitrogen and oxygen atoms in total. The van der Waals surface area contributed by atoms with Crippen molar-refractivity contribution in [3.63, 3.8) is 0 Å². The molecule has 1 atom stereocenters. The molecule has 1 aliphatic heterocycles. The maximum atomic E-state index is 4.75. The highest BCUT2D eigenvalue weighted by Gasteiger charge is 2.18. The van der Waals surface area contributed by atoms with Gasteiger partial charge in [0.1, 0.15) is 11.8 Å². The molecule has 0 aromatic carbocycles. The van der Waals surface area contributed by atoms with E-state index in [9.17, 15) is 0 Å². The maximum absolute atomic E-state index is 4.75. The summed E-state index contributed by atoms with van der Waals surface area (Å²) in [5.41, 5.74) is 4.17. The summed E-state index contributed by atoms with van der Waals surface area (Å²) in [4.78, 5) is 18.6. The Morgan fingerprint density at radius 3 is 2.67 bits per heavy atom. The van der Waals surface area contributed by atoms with Crippen LogP contribution >= 0.6 is 0 Å². The second kappa shape index (κ2) is 7.85. The van der Waals surface area contributed by atoms with Gasteiger partial charge in [-0.25, -0.2) is 9.97 Å². The summed E-state index contributed by atoms with van der Waals surface area (Å²) in [5.74, 6) is 0.421. The molecular formula is C18H28N6. The molecule has 3 heterocycles. The van der Waals surface area contributed by atoms with Gasteiger partial charge in [0.15, 0.2) is 0 Å². The van der Waals surface area contributed by atoms with E-state index in [1.54, 1.807) is 6.33 Å². The molecule has 130 valence electrons. The van der Waals surface area contributed by atoms with Gasteiger partial charge in [-0.1, -0.05) is 6.92 Å². The summed E-state index contributed by atoms with van der Waals surface area (Å²) < 4.78 is 0. The first-order chi connectivity index (χ1) is 11.7. The Balaban J connectivity index is 1.88. The number of rotatable bonds is 6. The molecule has 6 heteroatoms. The smallest absolute Gasteiger partial charge is 0.116 e. The first-order valence-electron chi connectivity index (χ1n) is 8.91. The predicted octanol–water partition coefficient (Wildman–Crippen LogP) is 1.88. The van der Waals surface area contributed by atoms with Gasteiger partial charge in [0.05, 0.1) is 23.1 Å². The van der Waals surface area contributed by atoms with Gasteiger partial charge in [0.25, 0.3) is 0 Å². The van der Waals surface area contributed by atoms with Gasteiger partial charge >= 0.3 is 0 Å². The minimum absolute atomic E-state index is 0.421. The number of piperazine rings is 1. The van der Waals surface area contributed by atoms with Crippen molar-refractivity contribution in [3.8, 4) is 0 Å². The van der Waals surface area contributed by atoms with E-state index >= 15 is 0 Å². The van der Waals surface area contributed by atoms with Crippen molar-refractivity contribution >= 4 is 16.7 Å². The van der Waals surface area contributed by atoms with Crippen molar-refractivity contribution in [2.24, 2.45) is 0 Å². The average Bonchev–Trinajstić information content (AvgIpc) is 2.62. The fourth-order valence-corrected chi connectivity index (χ4v) is 3.34. The highest BCUT2D eigenvalue weighted by atomic mass is 15.2. The van der Waals surface area contributed by atoms with Crippen LogP contribution in [0.1, 0.15) is 31.4 Å². The van der Waals surface area contributed by atoms with E-state index in [-0.39, 0.29) is 0 Å². The Bertz CT molecular complexity index is 666. The number of hydrogen-bond acceptors (Lipinski definition) is 6. The van der Waals surface area contributed by atoms with Gasteiger partial charge in [0, 0.05) is 32.1 Å². The highest BCUT2D eigenvalue weighted by molar-refractivity contribution is 5.80. The lowest BCUT2D eigenvalue weighted by molar-refractivity contribution is 0.313. The van der Waals surface area contributed by atoms with Crippen molar-refractivity contribution < 1.29 is 0 Å². The fraction of sp³-hybridized carbons (Fsp3) is 0.611. The molecule has 0 spiro atoms. The molecular weight excluding hydrogens is 300 g/mol. The van der Waals surface area contributed by atoms with Crippen molar-refractivity contribution in [2.75, 3.05) is 51.7 Å². The second-order valence-corrected chi connectivity index (χ2v) is 6.61. The Hall–Kier alpha value is -1.79. The van der Waals surface area contributed by atoms with Crippen LogP contribution in [0.4, 0.5) is 5.69 Å². The molecule has 2 aromatic heterocycles. The summed E-state index contributed by atoms with van der Waals surface area (Å²) >= 11 is 0. The molecule has 0 radical (unpaired) electrons. The molecule has 0 amide bonds. The molecule has 1 N–H and O–H groups in total. The molecule has 2 aromatic rings. The number of hydrogen-bond donors (Lipinski definition) is 1. The van der Waals surface area contributed by atoms with Crippen LogP contribution in [-0.4, -0.2) is 66.7 Å². The van der Waals surface area contributed by atoms with Gasteiger partial charge in [-0.3, -0.25) is 4.98 Å². The van der Waals surface area contributed by atoms with E-state index in [2.05, 4.69) is 45.1 Å². The Kier molecular flexibility index (Phi) is 5.58. The number of nitrogens with one attached hydrogen (secondary N) is 1. The minimum atomic E-state index is 0.421. The van der Waals surface area contributed by atoms with Crippen molar-refractivity contribution in [1.82, 2.24) is 25.2 Å². The van der Waals surface area contributed by atoms with Crippen LogP contribution in [0.2, 0.25) is 0 Å². The molecule has 24 heavy (non-hydrogen) atoms. The number of fused-ring (bicyclic) bond motifs is 1. The second-order valence-electron chi connectivity index (χ2n) is 6.61. The third-order valence-electron chi connectivity index (χ3n) is 4.98. The monoisotopic (exact) mass is 328 g/mol.